The first-order valence-corrected chi connectivity index (χ1v) is 14.8. The van der Waals surface area contributed by atoms with Crippen LogP contribution in [0.2, 0.25) is 0 Å². The monoisotopic (exact) mass is 677 g/mol. The number of amides is 5. The van der Waals surface area contributed by atoms with Crippen LogP contribution in [-0.4, -0.2) is 128 Å². The first-order valence-electron chi connectivity index (χ1n) is 12.6. The van der Waals surface area contributed by atoms with Crippen LogP contribution in [0.5, 0.6) is 0 Å². The maximum absolute atomic E-state index is 13.3. The molecule has 0 spiro atoms. The Morgan fingerprint density at radius 3 is 1.85 bits per heavy atom. The summed E-state index contributed by atoms with van der Waals surface area (Å²) in [6.07, 6.45) is 0.254. The second-order valence-corrected chi connectivity index (χ2v) is 9.30. The lowest BCUT2D eigenvalue weighted by molar-refractivity contribution is -0.140. The van der Waals surface area contributed by atoms with Gasteiger partial charge in [-0.25, -0.2) is 0 Å². The fraction of sp³-hybridized carbons (Fsp3) is 0.739. The predicted octanol–water partition coefficient (Wildman–Crippen LogP) is -0.801. The number of hydrogen-bond donors (Lipinski definition) is 5. The fourth-order valence-corrected chi connectivity index (χ4v) is 3.49. The normalized spacial score (nSPS) is 11.3. The minimum Gasteiger partial charge on any atom is -0.481 e. The quantitative estimate of drug-likeness (QED) is 0.0642. The number of nitrogens with one attached hydrogen (secondary N) is 4. The van der Waals surface area contributed by atoms with E-state index in [1.807, 2.05) is 0 Å². The zero-order valence-electron chi connectivity index (χ0n) is 22.2. The number of ether oxygens (including phenoxy) is 2. The molecule has 0 bridgehead atoms. The second-order valence-electron chi connectivity index (χ2n) is 8.20. The number of carbonyl (C=O) groups excluding carboxylic acids is 5. The van der Waals surface area contributed by atoms with E-state index in [0.29, 0.717) is 19.4 Å². The van der Waals surface area contributed by atoms with Crippen LogP contribution < -0.4 is 21.3 Å². The molecule has 14 nitrogen and oxygen atoms in total. The molecule has 17 heteroatoms. The van der Waals surface area contributed by atoms with Crippen molar-refractivity contribution in [3.8, 4) is 0 Å². The van der Waals surface area contributed by atoms with E-state index in [0.717, 1.165) is 0 Å². The Hall–Kier alpha value is -2.20. The van der Waals surface area contributed by atoms with Crippen molar-refractivity contribution in [3.05, 3.63) is 0 Å². The molecule has 0 heterocycles. The van der Waals surface area contributed by atoms with E-state index in [1.165, 1.54) is 4.90 Å². The second kappa shape index (κ2) is 24.6. The molecule has 0 aliphatic carbocycles. The van der Waals surface area contributed by atoms with Gasteiger partial charge >= 0.3 is 5.97 Å². The molecule has 1 atom stereocenters. The molecule has 230 valence electrons. The Balaban J connectivity index is 4.93. The fourth-order valence-electron chi connectivity index (χ4n) is 3.10. The first kappa shape index (κ1) is 37.8. The topological polar surface area (TPSA) is 192 Å². The van der Waals surface area contributed by atoms with E-state index < -0.39 is 23.8 Å². The molecule has 0 aromatic heterocycles. The van der Waals surface area contributed by atoms with Crippen LogP contribution >= 0.6 is 39.1 Å². The van der Waals surface area contributed by atoms with Crippen molar-refractivity contribution in [1.29, 1.82) is 0 Å². The van der Waals surface area contributed by atoms with Crippen molar-refractivity contribution in [3.63, 3.8) is 0 Å². The molecular formula is C23H38BrCl2N5O9. The highest BCUT2D eigenvalue weighted by molar-refractivity contribution is 9.09. The van der Waals surface area contributed by atoms with Crippen LogP contribution in [0, 0.1) is 0 Å². The van der Waals surface area contributed by atoms with Gasteiger partial charge in [-0.15, -0.1) is 23.2 Å². The molecule has 5 N–H and O–H groups in total. The first-order chi connectivity index (χ1) is 19.1. The Morgan fingerprint density at radius 1 is 0.775 bits per heavy atom. The van der Waals surface area contributed by atoms with Gasteiger partial charge in [-0.2, -0.15) is 0 Å². The number of hydrogen-bond acceptors (Lipinski definition) is 8. The minimum atomic E-state index is -1.13. The number of alkyl halides is 3. The van der Waals surface area contributed by atoms with Gasteiger partial charge in [0, 0.05) is 39.1 Å². The Kier molecular flexibility index (Phi) is 23.2. The maximum atomic E-state index is 13.3. The standard InChI is InChI=1S/C23H38BrCl2N5O9/c24-13-18(32)29-7-10-39-11-12-40-16-21(35)30-17(3-4-22(36)37)23(38)31(8-1-5-27-19(33)14-25)9-2-6-28-20(34)15-26/h17H,1-16H2,(H,27,33)(H,28,34)(H,29,32)(H,30,35)(H,36,37)/t17-/m0/s1. The summed E-state index contributed by atoms with van der Waals surface area (Å²) in [5, 5.41) is 19.6. The van der Waals surface area contributed by atoms with Gasteiger partial charge in [0.2, 0.25) is 29.5 Å². The highest BCUT2D eigenvalue weighted by atomic mass is 79.9. The van der Waals surface area contributed by atoms with E-state index in [-0.39, 0.29) is 100 Å². The summed E-state index contributed by atoms with van der Waals surface area (Å²) in [5.74, 6) is -3.53. The summed E-state index contributed by atoms with van der Waals surface area (Å²) < 4.78 is 10.5. The summed E-state index contributed by atoms with van der Waals surface area (Å²) >= 11 is 14.0. The summed E-state index contributed by atoms with van der Waals surface area (Å²) in [4.78, 5) is 72.2. The summed E-state index contributed by atoms with van der Waals surface area (Å²) in [6, 6.07) is -1.13. The molecule has 0 aromatic carbocycles. The Labute approximate surface area is 251 Å². The average Bonchev–Trinajstić information content (AvgIpc) is 2.94. The van der Waals surface area contributed by atoms with Crippen molar-refractivity contribution in [2.75, 3.05) is 76.2 Å². The van der Waals surface area contributed by atoms with Gasteiger partial charge in [0.25, 0.3) is 0 Å². The van der Waals surface area contributed by atoms with E-state index in [2.05, 4.69) is 37.2 Å². The third-order valence-electron chi connectivity index (χ3n) is 4.98. The van der Waals surface area contributed by atoms with Crippen LogP contribution in [0.1, 0.15) is 25.7 Å². The van der Waals surface area contributed by atoms with E-state index in [4.69, 9.17) is 37.8 Å². The highest BCUT2D eigenvalue weighted by Gasteiger charge is 2.26. The molecule has 0 aliphatic rings. The molecule has 0 fully saturated rings. The average molecular weight is 679 g/mol. The molecule has 0 unspecified atom stereocenters. The van der Waals surface area contributed by atoms with Crippen LogP contribution in [-0.2, 0) is 38.2 Å². The lowest BCUT2D eigenvalue weighted by Crippen LogP contribution is -2.50. The van der Waals surface area contributed by atoms with Crippen LogP contribution in [0.3, 0.4) is 0 Å². The molecule has 0 aromatic rings. The molecule has 0 rings (SSSR count). The maximum Gasteiger partial charge on any atom is 0.303 e. The lowest BCUT2D eigenvalue weighted by atomic mass is 10.1. The van der Waals surface area contributed by atoms with Crippen LogP contribution in [0.4, 0.5) is 0 Å². The SMILES string of the molecule is O=C(O)CC[C@H](NC(=O)COCCOCCNC(=O)CBr)C(=O)N(CCCNC(=O)CCl)CCCNC(=O)CCl. The molecule has 40 heavy (non-hydrogen) atoms. The predicted molar refractivity (Wildman–Crippen MR) is 151 cm³/mol. The van der Waals surface area contributed by atoms with Crippen molar-refractivity contribution in [2.45, 2.75) is 31.7 Å². The number of aliphatic carboxylic acids is 1. The Morgan fingerprint density at radius 2 is 1.32 bits per heavy atom. The third-order valence-corrected chi connectivity index (χ3v) is 5.98. The van der Waals surface area contributed by atoms with Gasteiger partial charge in [-0.05, 0) is 19.3 Å². The molecule has 0 radical (unpaired) electrons. The molecule has 0 aliphatic heterocycles. The van der Waals surface area contributed by atoms with E-state index in [9.17, 15) is 28.8 Å². The molecule has 0 saturated heterocycles. The van der Waals surface area contributed by atoms with E-state index >= 15 is 0 Å². The number of carbonyl (C=O) groups is 6. The van der Waals surface area contributed by atoms with E-state index in [1.54, 1.807) is 0 Å². The van der Waals surface area contributed by atoms with Crippen LogP contribution in [0.25, 0.3) is 0 Å². The number of halogens is 3. The zero-order chi connectivity index (χ0) is 30.2. The van der Waals surface area contributed by atoms with Crippen molar-refractivity contribution < 1.29 is 43.3 Å². The summed E-state index contributed by atoms with van der Waals surface area (Å²) in [6.45, 7) is 1.38. The minimum absolute atomic E-state index is 0.0850. The zero-order valence-corrected chi connectivity index (χ0v) is 25.3. The summed E-state index contributed by atoms with van der Waals surface area (Å²) in [5.41, 5.74) is 0. The van der Waals surface area contributed by atoms with Crippen molar-refractivity contribution in [2.24, 2.45) is 0 Å². The largest absolute Gasteiger partial charge is 0.481 e. The van der Waals surface area contributed by atoms with Gasteiger partial charge in [0.15, 0.2) is 0 Å². The van der Waals surface area contributed by atoms with Gasteiger partial charge in [0.05, 0.1) is 25.2 Å². The van der Waals surface area contributed by atoms with Crippen molar-refractivity contribution in [1.82, 2.24) is 26.2 Å². The third kappa shape index (κ3) is 20.7. The van der Waals surface area contributed by atoms with Gasteiger partial charge < -0.3 is 40.7 Å². The number of carboxylic acids is 1. The molecule has 0 saturated carbocycles. The molecular weight excluding hydrogens is 641 g/mol. The Bertz CT molecular complexity index is 787. The van der Waals surface area contributed by atoms with Gasteiger partial charge in [0.1, 0.15) is 24.4 Å². The number of carboxylic acid groups (broad SMARTS) is 1. The van der Waals surface area contributed by atoms with Gasteiger partial charge in [-0.3, -0.25) is 28.8 Å². The molecule has 5 amide bonds. The highest BCUT2D eigenvalue weighted by Crippen LogP contribution is 2.06. The summed E-state index contributed by atoms with van der Waals surface area (Å²) in [7, 11) is 0. The van der Waals surface area contributed by atoms with Crippen molar-refractivity contribution >= 4 is 74.6 Å². The lowest BCUT2D eigenvalue weighted by Gasteiger charge is -2.28. The number of rotatable bonds is 24. The van der Waals surface area contributed by atoms with Crippen LogP contribution in [0.15, 0.2) is 0 Å². The van der Waals surface area contributed by atoms with Gasteiger partial charge in [-0.1, -0.05) is 15.9 Å². The number of nitrogens with zero attached hydrogens (tertiary/aromatic N) is 1. The smallest absolute Gasteiger partial charge is 0.303 e.